The van der Waals surface area contributed by atoms with Gasteiger partial charge in [0.15, 0.2) is 0 Å². The molecule has 3 rings (SSSR count). The molecule has 1 heterocycles. The van der Waals surface area contributed by atoms with Crippen LogP contribution in [0.25, 0.3) is 0 Å². The zero-order chi connectivity index (χ0) is 19.8. The molecule has 144 valence electrons. The molecule has 27 heavy (non-hydrogen) atoms. The first-order chi connectivity index (χ1) is 12.7. The van der Waals surface area contributed by atoms with Gasteiger partial charge >= 0.3 is 5.97 Å². The SMILES string of the molecule is Cc1c(F)cc(C(=O)O)cc1S(=O)(=O)Nc1ccc(N2CCCC2)c(F)c1. The van der Waals surface area contributed by atoms with E-state index in [2.05, 4.69) is 4.72 Å². The molecule has 0 saturated carbocycles. The van der Waals surface area contributed by atoms with Crippen molar-refractivity contribution in [2.45, 2.75) is 24.7 Å². The first-order valence-electron chi connectivity index (χ1n) is 8.30. The Labute approximate surface area is 155 Å². The highest BCUT2D eigenvalue weighted by Gasteiger charge is 2.23. The fraction of sp³-hybridized carbons (Fsp3) is 0.278. The van der Waals surface area contributed by atoms with Crippen LogP contribution in [0, 0.1) is 18.6 Å². The number of rotatable bonds is 5. The summed E-state index contributed by atoms with van der Waals surface area (Å²) in [6, 6.07) is 5.58. The summed E-state index contributed by atoms with van der Waals surface area (Å²) >= 11 is 0. The predicted molar refractivity (Wildman–Crippen MR) is 96.8 cm³/mol. The molecular weight excluding hydrogens is 378 g/mol. The Hall–Kier alpha value is -2.68. The molecule has 2 N–H and O–H groups in total. The minimum Gasteiger partial charge on any atom is -0.478 e. The maximum absolute atomic E-state index is 14.4. The highest BCUT2D eigenvalue weighted by atomic mass is 32.2. The number of carbonyl (C=O) groups is 1. The van der Waals surface area contributed by atoms with Gasteiger partial charge in [-0.3, -0.25) is 4.72 Å². The summed E-state index contributed by atoms with van der Waals surface area (Å²) in [7, 11) is -4.30. The van der Waals surface area contributed by atoms with E-state index in [1.807, 2.05) is 4.90 Å². The molecule has 0 amide bonds. The first-order valence-corrected chi connectivity index (χ1v) is 9.78. The second-order valence-electron chi connectivity index (χ2n) is 6.35. The van der Waals surface area contributed by atoms with Crippen LogP contribution in [-0.4, -0.2) is 32.6 Å². The Morgan fingerprint density at radius 1 is 1.11 bits per heavy atom. The van der Waals surface area contributed by atoms with E-state index >= 15 is 0 Å². The van der Waals surface area contributed by atoms with E-state index in [1.54, 1.807) is 0 Å². The van der Waals surface area contributed by atoms with Crippen LogP contribution in [0.15, 0.2) is 35.2 Å². The van der Waals surface area contributed by atoms with Crippen LogP contribution < -0.4 is 9.62 Å². The second kappa shape index (κ2) is 7.15. The monoisotopic (exact) mass is 396 g/mol. The number of halogens is 2. The number of aromatic carboxylic acids is 1. The third-order valence-corrected chi connectivity index (χ3v) is 5.99. The molecule has 0 spiro atoms. The Morgan fingerprint density at radius 3 is 2.37 bits per heavy atom. The van der Waals surface area contributed by atoms with Gasteiger partial charge in [0.05, 0.1) is 21.8 Å². The van der Waals surface area contributed by atoms with E-state index in [0.29, 0.717) is 5.69 Å². The normalized spacial score (nSPS) is 14.4. The van der Waals surface area contributed by atoms with E-state index in [1.165, 1.54) is 19.1 Å². The van der Waals surface area contributed by atoms with Gasteiger partial charge < -0.3 is 10.0 Å². The number of carboxylic acids is 1. The van der Waals surface area contributed by atoms with Crippen molar-refractivity contribution in [1.29, 1.82) is 0 Å². The van der Waals surface area contributed by atoms with Crippen LogP contribution >= 0.6 is 0 Å². The quantitative estimate of drug-likeness (QED) is 0.809. The molecule has 1 fully saturated rings. The lowest BCUT2D eigenvalue weighted by atomic mass is 10.1. The predicted octanol–water partition coefficient (Wildman–Crippen LogP) is 3.37. The van der Waals surface area contributed by atoms with Crippen LogP contribution in [-0.2, 0) is 10.0 Å². The van der Waals surface area contributed by atoms with Crippen LogP contribution in [0.1, 0.15) is 28.8 Å². The van der Waals surface area contributed by atoms with E-state index in [-0.39, 0.29) is 11.3 Å². The van der Waals surface area contributed by atoms with Gasteiger partial charge in [0, 0.05) is 24.7 Å². The standard InChI is InChI=1S/C18H18F2N2O4S/c1-11-14(19)8-12(18(23)24)9-17(11)27(25,26)21-13-4-5-16(15(20)10-13)22-6-2-3-7-22/h4-5,8-10,21H,2-3,6-7H2,1H3,(H,23,24). The molecule has 1 saturated heterocycles. The number of hydrogen-bond donors (Lipinski definition) is 2. The van der Waals surface area contributed by atoms with Crippen molar-refractivity contribution in [3.05, 3.63) is 53.1 Å². The largest absolute Gasteiger partial charge is 0.478 e. The molecule has 0 radical (unpaired) electrons. The summed E-state index contributed by atoms with van der Waals surface area (Å²) < 4.78 is 55.7. The van der Waals surface area contributed by atoms with Gasteiger partial charge in [0.2, 0.25) is 0 Å². The van der Waals surface area contributed by atoms with Gasteiger partial charge in [-0.25, -0.2) is 22.0 Å². The van der Waals surface area contributed by atoms with Gasteiger partial charge in [-0.15, -0.1) is 0 Å². The average Bonchev–Trinajstić information content (AvgIpc) is 3.10. The number of anilines is 2. The highest BCUT2D eigenvalue weighted by Crippen LogP contribution is 2.28. The van der Waals surface area contributed by atoms with Gasteiger partial charge in [-0.2, -0.15) is 0 Å². The van der Waals surface area contributed by atoms with E-state index in [0.717, 1.165) is 44.1 Å². The third kappa shape index (κ3) is 3.87. The summed E-state index contributed by atoms with van der Waals surface area (Å²) in [5, 5.41) is 9.01. The smallest absolute Gasteiger partial charge is 0.335 e. The third-order valence-electron chi connectivity index (χ3n) is 4.48. The van der Waals surface area contributed by atoms with Gasteiger partial charge in [-0.1, -0.05) is 0 Å². The number of benzene rings is 2. The zero-order valence-corrected chi connectivity index (χ0v) is 15.3. The summed E-state index contributed by atoms with van der Waals surface area (Å²) in [6.45, 7) is 2.71. The number of sulfonamides is 1. The highest BCUT2D eigenvalue weighted by molar-refractivity contribution is 7.92. The van der Waals surface area contributed by atoms with Crippen molar-refractivity contribution in [2.24, 2.45) is 0 Å². The van der Waals surface area contributed by atoms with E-state index in [4.69, 9.17) is 5.11 Å². The lowest BCUT2D eigenvalue weighted by Crippen LogP contribution is -2.19. The summed E-state index contributed by atoms with van der Waals surface area (Å²) in [5.41, 5.74) is -0.350. The molecule has 0 unspecified atom stereocenters. The maximum atomic E-state index is 14.4. The Bertz CT molecular complexity index is 1000. The summed E-state index contributed by atoms with van der Waals surface area (Å²) in [4.78, 5) is 12.4. The molecule has 1 aliphatic rings. The molecule has 2 aromatic carbocycles. The Morgan fingerprint density at radius 2 is 1.78 bits per heavy atom. The average molecular weight is 396 g/mol. The zero-order valence-electron chi connectivity index (χ0n) is 14.5. The van der Waals surface area contributed by atoms with Crippen molar-refractivity contribution in [2.75, 3.05) is 22.7 Å². The minimum atomic E-state index is -4.30. The maximum Gasteiger partial charge on any atom is 0.335 e. The van der Waals surface area contributed by atoms with Crippen molar-refractivity contribution in [3.8, 4) is 0 Å². The fourth-order valence-corrected chi connectivity index (χ4v) is 4.38. The van der Waals surface area contributed by atoms with Crippen molar-refractivity contribution in [3.63, 3.8) is 0 Å². The Kier molecular flexibility index (Phi) is 5.05. The number of carboxylic acid groups (broad SMARTS) is 1. The second-order valence-corrected chi connectivity index (χ2v) is 8.00. The van der Waals surface area contributed by atoms with Gasteiger partial charge in [0.25, 0.3) is 10.0 Å². The molecule has 9 heteroatoms. The number of nitrogens with one attached hydrogen (secondary N) is 1. The van der Waals surface area contributed by atoms with Crippen molar-refractivity contribution >= 4 is 27.4 Å². The topological polar surface area (TPSA) is 86.7 Å². The summed E-state index contributed by atoms with van der Waals surface area (Å²) in [5.74, 6) is -2.98. The van der Waals surface area contributed by atoms with Crippen molar-refractivity contribution < 1.29 is 27.1 Å². The van der Waals surface area contributed by atoms with Gasteiger partial charge in [-0.05, 0) is 44.0 Å². The van der Waals surface area contributed by atoms with Crippen LogP contribution in [0.2, 0.25) is 0 Å². The molecule has 6 nitrogen and oxygen atoms in total. The molecule has 2 aromatic rings. The lowest BCUT2D eigenvalue weighted by molar-refractivity contribution is 0.0696. The van der Waals surface area contributed by atoms with E-state index < -0.39 is 38.1 Å². The van der Waals surface area contributed by atoms with Crippen LogP contribution in [0.4, 0.5) is 20.2 Å². The Balaban J connectivity index is 1.93. The summed E-state index contributed by atoms with van der Waals surface area (Å²) in [6.07, 6.45) is 1.94. The molecule has 1 aliphatic heterocycles. The van der Waals surface area contributed by atoms with Crippen LogP contribution in [0.3, 0.4) is 0 Å². The van der Waals surface area contributed by atoms with E-state index in [9.17, 15) is 22.0 Å². The molecule has 0 bridgehead atoms. The number of nitrogens with zero attached hydrogens (tertiary/aromatic N) is 1. The molecular formula is C18H18F2N2O4S. The lowest BCUT2D eigenvalue weighted by Gasteiger charge is -2.19. The fourth-order valence-electron chi connectivity index (χ4n) is 3.05. The molecule has 0 aliphatic carbocycles. The molecule has 0 aromatic heterocycles. The van der Waals surface area contributed by atoms with Crippen LogP contribution in [0.5, 0.6) is 0 Å². The molecule has 0 atom stereocenters. The minimum absolute atomic E-state index is 0.0315. The number of hydrogen-bond acceptors (Lipinski definition) is 4. The van der Waals surface area contributed by atoms with Crippen molar-refractivity contribution in [1.82, 2.24) is 0 Å². The first kappa shape index (κ1) is 19.1. The van der Waals surface area contributed by atoms with Gasteiger partial charge in [0.1, 0.15) is 11.6 Å².